The molecule has 144 valence electrons. The van der Waals surface area contributed by atoms with Gasteiger partial charge >= 0.3 is 6.03 Å². The van der Waals surface area contributed by atoms with Crippen molar-refractivity contribution in [1.29, 1.82) is 0 Å². The third-order valence-electron chi connectivity index (χ3n) is 5.22. The van der Waals surface area contributed by atoms with Crippen LogP contribution < -0.4 is 20.1 Å². The van der Waals surface area contributed by atoms with Gasteiger partial charge in [-0.25, -0.2) is 4.79 Å². The van der Waals surface area contributed by atoms with Gasteiger partial charge < -0.3 is 29.7 Å². The molecule has 2 N–H and O–H groups in total. The Hall–Kier alpha value is -2.74. The lowest BCUT2D eigenvalue weighted by Crippen LogP contribution is -2.44. The molecule has 0 spiro atoms. The highest BCUT2D eigenvalue weighted by Crippen LogP contribution is 2.38. The van der Waals surface area contributed by atoms with Gasteiger partial charge in [0, 0.05) is 18.7 Å². The molecule has 1 fully saturated rings. The molecule has 8 nitrogen and oxygen atoms in total. The molecular formula is C19H23N3O5. The van der Waals surface area contributed by atoms with Crippen LogP contribution in [0.5, 0.6) is 11.5 Å². The molecule has 0 aromatic heterocycles. The fourth-order valence-electron chi connectivity index (χ4n) is 3.91. The van der Waals surface area contributed by atoms with Gasteiger partial charge in [0.2, 0.25) is 0 Å². The number of carbonyl (C=O) groups excluding carboxylic acids is 2. The van der Waals surface area contributed by atoms with Gasteiger partial charge in [0.25, 0.3) is 5.91 Å². The van der Waals surface area contributed by atoms with Crippen LogP contribution in [0.4, 0.5) is 4.79 Å². The van der Waals surface area contributed by atoms with Gasteiger partial charge in [0.05, 0.1) is 44.2 Å². The molecular weight excluding hydrogens is 350 g/mol. The Morgan fingerprint density at radius 2 is 2.11 bits per heavy atom. The second-order valence-corrected chi connectivity index (χ2v) is 6.85. The van der Waals surface area contributed by atoms with Crippen LogP contribution in [0.25, 0.3) is 0 Å². The molecule has 0 aliphatic carbocycles. The number of rotatable bonds is 5. The molecule has 3 aliphatic rings. The zero-order valence-corrected chi connectivity index (χ0v) is 15.4. The van der Waals surface area contributed by atoms with E-state index in [1.807, 2.05) is 0 Å². The molecule has 4 rings (SSSR count). The summed E-state index contributed by atoms with van der Waals surface area (Å²) in [7, 11) is 3.13. The molecule has 1 saturated heterocycles. The average Bonchev–Trinajstić information content (AvgIpc) is 3.29. The summed E-state index contributed by atoms with van der Waals surface area (Å²) in [4.78, 5) is 27.1. The topological polar surface area (TPSA) is 89.1 Å². The Labute approximate surface area is 157 Å². The lowest BCUT2D eigenvalue weighted by molar-refractivity contribution is -0.127. The monoisotopic (exact) mass is 373 g/mol. The Bertz CT molecular complexity index is 801. The molecule has 2 unspecified atom stereocenters. The number of urea groups is 1. The molecule has 8 heteroatoms. The van der Waals surface area contributed by atoms with Crippen LogP contribution in [0, 0.1) is 0 Å². The van der Waals surface area contributed by atoms with Crippen molar-refractivity contribution in [2.75, 3.05) is 33.9 Å². The van der Waals surface area contributed by atoms with Crippen molar-refractivity contribution in [3.63, 3.8) is 0 Å². The Morgan fingerprint density at radius 3 is 2.81 bits per heavy atom. The molecule has 3 amide bonds. The van der Waals surface area contributed by atoms with E-state index in [0.29, 0.717) is 41.4 Å². The minimum absolute atomic E-state index is 0.0590. The number of carbonyl (C=O) groups is 2. The predicted molar refractivity (Wildman–Crippen MR) is 96.5 cm³/mol. The number of benzene rings is 1. The fraction of sp³-hybridized carbons (Fsp3) is 0.474. The Balaban J connectivity index is 1.66. The highest BCUT2D eigenvalue weighted by molar-refractivity contribution is 6.01. The average molecular weight is 373 g/mol. The zero-order valence-electron chi connectivity index (χ0n) is 15.4. The van der Waals surface area contributed by atoms with Crippen LogP contribution >= 0.6 is 0 Å². The maximum absolute atomic E-state index is 13.1. The minimum atomic E-state index is -0.596. The van der Waals surface area contributed by atoms with Crippen molar-refractivity contribution in [2.45, 2.75) is 25.0 Å². The van der Waals surface area contributed by atoms with E-state index in [0.717, 1.165) is 19.4 Å². The summed E-state index contributed by atoms with van der Waals surface area (Å²) in [6.45, 7) is 1.65. The number of nitrogens with zero attached hydrogens (tertiary/aromatic N) is 1. The summed E-state index contributed by atoms with van der Waals surface area (Å²) >= 11 is 0. The van der Waals surface area contributed by atoms with Gasteiger partial charge in [-0.2, -0.15) is 0 Å². The second kappa shape index (κ2) is 7.11. The summed E-state index contributed by atoms with van der Waals surface area (Å²) < 4.78 is 16.4. The van der Waals surface area contributed by atoms with Crippen molar-refractivity contribution < 1.29 is 23.8 Å². The molecule has 0 bridgehead atoms. The lowest BCUT2D eigenvalue weighted by Gasteiger charge is -2.27. The van der Waals surface area contributed by atoms with Crippen LogP contribution in [-0.2, 0) is 9.53 Å². The maximum Gasteiger partial charge on any atom is 0.319 e. The molecule has 27 heavy (non-hydrogen) atoms. The van der Waals surface area contributed by atoms with Crippen molar-refractivity contribution in [3.8, 4) is 11.5 Å². The number of methoxy groups -OCH3 is 2. The van der Waals surface area contributed by atoms with Crippen LogP contribution in [-0.4, -0.2) is 56.9 Å². The fourth-order valence-corrected chi connectivity index (χ4v) is 3.91. The molecule has 0 saturated carbocycles. The number of hydrogen-bond donors (Lipinski definition) is 2. The van der Waals surface area contributed by atoms with Crippen LogP contribution in [0.15, 0.2) is 29.5 Å². The first-order valence-corrected chi connectivity index (χ1v) is 9.04. The van der Waals surface area contributed by atoms with Gasteiger partial charge in [-0.05, 0) is 31.0 Å². The van der Waals surface area contributed by atoms with Crippen molar-refractivity contribution >= 4 is 11.9 Å². The second-order valence-electron chi connectivity index (χ2n) is 6.85. The van der Waals surface area contributed by atoms with Gasteiger partial charge in [-0.3, -0.25) is 4.79 Å². The molecule has 1 aromatic carbocycles. The van der Waals surface area contributed by atoms with Gasteiger partial charge in [0.15, 0.2) is 0 Å². The number of hydrogen-bond acceptors (Lipinski definition) is 5. The highest BCUT2D eigenvalue weighted by Gasteiger charge is 2.42. The summed E-state index contributed by atoms with van der Waals surface area (Å²) in [5.41, 5.74) is 1.86. The summed E-state index contributed by atoms with van der Waals surface area (Å²) in [6, 6.07) is 4.40. The molecule has 1 aromatic rings. The van der Waals surface area contributed by atoms with E-state index >= 15 is 0 Å². The third kappa shape index (κ3) is 3.21. The number of amides is 3. The van der Waals surface area contributed by atoms with Gasteiger partial charge in [-0.15, -0.1) is 0 Å². The van der Waals surface area contributed by atoms with Crippen LogP contribution in [0.1, 0.15) is 24.4 Å². The maximum atomic E-state index is 13.1. The molecule has 3 heterocycles. The van der Waals surface area contributed by atoms with E-state index in [1.165, 1.54) is 0 Å². The molecule has 2 atom stereocenters. The van der Waals surface area contributed by atoms with Crippen molar-refractivity contribution in [3.05, 3.63) is 35.0 Å². The van der Waals surface area contributed by atoms with E-state index in [2.05, 4.69) is 10.6 Å². The van der Waals surface area contributed by atoms with E-state index in [4.69, 9.17) is 14.2 Å². The first kappa shape index (κ1) is 17.7. The third-order valence-corrected chi connectivity index (χ3v) is 5.22. The van der Waals surface area contributed by atoms with E-state index in [1.54, 1.807) is 37.3 Å². The Kier molecular flexibility index (Phi) is 4.65. The van der Waals surface area contributed by atoms with E-state index < -0.39 is 6.04 Å². The van der Waals surface area contributed by atoms with Crippen LogP contribution in [0.3, 0.4) is 0 Å². The summed E-state index contributed by atoms with van der Waals surface area (Å²) in [6.07, 6.45) is 2.03. The molecule has 0 radical (unpaired) electrons. The van der Waals surface area contributed by atoms with E-state index in [-0.39, 0.29) is 18.0 Å². The standard InChI is InChI=1S/C19H23N3O5/c1-25-11-5-6-15(26-2)13(8-11)17-16-14(20-19(24)21-17)10-22(18(16)23)9-12-4-3-7-27-12/h5-6,8,12,17H,3-4,7,9-10H2,1-2H3,(H2,20,21,24). The predicted octanol–water partition coefficient (Wildman–Crippen LogP) is 1.33. The largest absolute Gasteiger partial charge is 0.497 e. The first-order valence-electron chi connectivity index (χ1n) is 9.04. The van der Waals surface area contributed by atoms with Gasteiger partial charge in [-0.1, -0.05) is 0 Å². The lowest BCUT2D eigenvalue weighted by atomic mass is 9.95. The quantitative estimate of drug-likeness (QED) is 0.813. The van der Waals surface area contributed by atoms with Gasteiger partial charge in [0.1, 0.15) is 11.5 Å². The number of nitrogens with one attached hydrogen (secondary N) is 2. The SMILES string of the molecule is COc1ccc(OC)c(C2NC(=O)NC3=C2C(=O)N(CC2CCCO2)C3)c1. The number of ether oxygens (including phenoxy) is 3. The normalized spacial score (nSPS) is 24.6. The summed E-state index contributed by atoms with van der Waals surface area (Å²) in [5, 5.41) is 5.64. The minimum Gasteiger partial charge on any atom is -0.497 e. The van der Waals surface area contributed by atoms with Crippen molar-refractivity contribution in [1.82, 2.24) is 15.5 Å². The summed E-state index contributed by atoms with van der Waals surface area (Å²) in [5.74, 6) is 1.12. The van der Waals surface area contributed by atoms with Crippen molar-refractivity contribution in [2.24, 2.45) is 0 Å². The first-order chi connectivity index (χ1) is 13.1. The highest BCUT2D eigenvalue weighted by atomic mass is 16.5. The smallest absolute Gasteiger partial charge is 0.319 e. The Morgan fingerprint density at radius 1 is 1.26 bits per heavy atom. The zero-order chi connectivity index (χ0) is 19.0. The molecule has 3 aliphatic heterocycles. The van der Waals surface area contributed by atoms with Crippen LogP contribution in [0.2, 0.25) is 0 Å². The van der Waals surface area contributed by atoms with E-state index in [9.17, 15) is 9.59 Å².